The average Bonchev–Trinajstić information content (AvgIpc) is 3.13. The molecule has 1 rings (SSSR count). The molecule has 0 aromatic carbocycles. The third kappa shape index (κ3) is 8.65. The van der Waals surface area contributed by atoms with Crippen LogP contribution in [-0.2, 0) is 19.2 Å². The fourth-order valence-corrected chi connectivity index (χ4v) is 2.27. The maximum absolute atomic E-state index is 11.9. The lowest BCUT2D eigenvalue weighted by molar-refractivity contribution is -0.757. The number of aromatic amines is 1. The van der Waals surface area contributed by atoms with Crippen molar-refractivity contribution in [2.75, 3.05) is 13.2 Å². The summed E-state index contributed by atoms with van der Waals surface area (Å²) in [5.41, 5.74) is 0.511. The minimum absolute atomic E-state index is 0.0548. The number of aromatic nitrogens is 2. The molecule has 2 unspecified atom stereocenters. The smallest absolute Gasteiger partial charge is 0.326 e. The molecule has 2 amide bonds. The molecule has 0 fully saturated rings. The number of aliphatic carboxylic acids is 1. The summed E-state index contributed by atoms with van der Waals surface area (Å²) in [5.74, 6) is -2.53. The summed E-state index contributed by atoms with van der Waals surface area (Å²) in [5, 5.41) is 23.3. The van der Waals surface area contributed by atoms with Crippen molar-refractivity contribution in [1.82, 2.24) is 20.6 Å². The monoisotopic (exact) mass is 385 g/mol. The molecule has 150 valence electrons. The zero-order valence-corrected chi connectivity index (χ0v) is 14.8. The number of carbonyl (C=O) groups excluding carboxylic acids is 2. The lowest BCUT2D eigenvalue weighted by Crippen LogP contribution is -2.45. The molecule has 1 aromatic rings. The first-order chi connectivity index (χ1) is 12.8. The maximum atomic E-state index is 11.9. The van der Waals surface area contributed by atoms with Crippen LogP contribution >= 0.6 is 0 Å². The van der Waals surface area contributed by atoms with E-state index in [1.165, 1.54) is 6.33 Å². The van der Waals surface area contributed by atoms with Gasteiger partial charge in [-0.15, -0.1) is 10.1 Å². The van der Waals surface area contributed by atoms with Crippen molar-refractivity contribution < 1.29 is 29.4 Å². The van der Waals surface area contributed by atoms with E-state index in [1.807, 2.05) is 0 Å². The molecule has 0 aliphatic heterocycles. The molecule has 0 aliphatic carbocycles. The quantitative estimate of drug-likeness (QED) is 0.208. The Bertz CT molecular complexity index is 635. The fraction of sp³-hybridized carbons (Fsp3) is 0.600. The van der Waals surface area contributed by atoms with Gasteiger partial charge in [-0.3, -0.25) is 9.59 Å². The van der Waals surface area contributed by atoms with Crippen LogP contribution in [-0.4, -0.2) is 57.1 Å². The van der Waals surface area contributed by atoms with Crippen molar-refractivity contribution >= 4 is 17.8 Å². The number of amides is 2. The Morgan fingerprint density at radius 3 is 2.67 bits per heavy atom. The Morgan fingerprint density at radius 1 is 1.33 bits per heavy atom. The number of carbonyl (C=O) groups is 3. The fourth-order valence-electron chi connectivity index (χ4n) is 2.27. The molecule has 4 N–H and O–H groups in total. The van der Waals surface area contributed by atoms with Gasteiger partial charge in [-0.2, -0.15) is 0 Å². The zero-order valence-electron chi connectivity index (χ0n) is 14.8. The topological polar surface area (TPSA) is 177 Å². The number of rotatable bonds is 13. The molecule has 0 saturated heterocycles. The average molecular weight is 385 g/mol. The highest BCUT2D eigenvalue weighted by molar-refractivity contribution is 5.84. The summed E-state index contributed by atoms with van der Waals surface area (Å²) < 4.78 is 0. The number of hydrogen-bond donors (Lipinski definition) is 4. The van der Waals surface area contributed by atoms with Gasteiger partial charge in [0, 0.05) is 31.5 Å². The minimum atomic E-state index is -1.18. The highest BCUT2D eigenvalue weighted by Gasteiger charge is 2.28. The number of carboxylic acid groups (broad SMARTS) is 1. The van der Waals surface area contributed by atoms with Crippen LogP contribution in [0.25, 0.3) is 0 Å². The summed E-state index contributed by atoms with van der Waals surface area (Å²) in [4.78, 5) is 55.7. The second-order valence-corrected chi connectivity index (χ2v) is 5.78. The number of imidazole rings is 1. The van der Waals surface area contributed by atoms with E-state index in [9.17, 15) is 29.6 Å². The van der Waals surface area contributed by atoms with E-state index < -0.39 is 28.9 Å². The van der Waals surface area contributed by atoms with Gasteiger partial charge in [-0.25, -0.2) is 9.78 Å². The highest BCUT2D eigenvalue weighted by atomic mass is 16.9. The lowest BCUT2D eigenvalue weighted by Gasteiger charge is -2.20. The Balaban J connectivity index is 2.27. The van der Waals surface area contributed by atoms with Gasteiger partial charge in [0.2, 0.25) is 11.8 Å². The molecule has 0 saturated carbocycles. The minimum Gasteiger partial charge on any atom is -0.480 e. The second kappa shape index (κ2) is 11.4. The molecular weight excluding hydrogens is 362 g/mol. The van der Waals surface area contributed by atoms with Crippen LogP contribution in [0.3, 0.4) is 0 Å². The normalized spacial score (nSPS) is 12.6. The highest BCUT2D eigenvalue weighted by Crippen LogP contribution is 2.16. The SMILES string of the molecule is CC(c1c[nH]cn1)C(NC(=O)CCNC(=O)CCCCO[N+](=O)[O-])C(=O)O. The maximum Gasteiger partial charge on any atom is 0.326 e. The Labute approximate surface area is 154 Å². The predicted octanol–water partition coefficient (Wildman–Crippen LogP) is -0.0325. The first-order valence-electron chi connectivity index (χ1n) is 8.36. The first-order valence-corrected chi connectivity index (χ1v) is 8.36. The van der Waals surface area contributed by atoms with Crippen LogP contribution in [0.1, 0.15) is 44.2 Å². The standard InChI is InChI=1S/C15H23N5O7/c1-10(11-8-16-9-18-11)14(15(23)24)19-13(22)5-6-17-12(21)4-2-3-7-27-20(25)26/h8-10,14H,2-7H2,1H3,(H,16,18)(H,17,21)(H,19,22)(H,23,24). The second-order valence-electron chi connectivity index (χ2n) is 5.78. The van der Waals surface area contributed by atoms with E-state index in [0.717, 1.165) is 0 Å². The van der Waals surface area contributed by atoms with Crippen molar-refractivity contribution in [3.05, 3.63) is 28.3 Å². The number of carboxylic acids is 1. The summed E-state index contributed by atoms with van der Waals surface area (Å²) in [7, 11) is 0. The molecule has 0 bridgehead atoms. The molecule has 0 radical (unpaired) electrons. The van der Waals surface area contributed by atoms with Gasteiger partial charge < -0.3 is 25.6 Å². The van der Waals surface area contributed by atoms with Crippen molar-refractivity contribution in [1.29, 1.82) is 0 Å². The van der Waals surface area contributed by atoms with Crippen molar-refractivity contribution in [3.8, 4) is 0 Å². The van der Waals surface area contributed by atoms with Gasteiger partial charge in [-0.05, 0) is 12.8 Å². The zero-order chi connectivity index (χ0) is 20.2. The van der Waals surface area contributed by atoms with E-state index in [1.54, 1.807) is 13.1 Å². The Kier molecular flexibility index (Phi) is 9.26. The number of unbranched alkanes of at least 4 members (excludes halogenated alkanes) is 1. The van der Waals surface area contributed by atoms with Gasteiger partial charge in [0.1, 0.15) is 6.04 Å². The van der Waals surface area contributed by atoms with E-state index in [0.29, 0.717) is 18.5 Å². The number of H-pyrrole nitrogens is 1. The number of nitrogens with zero attached hydrogens (tertiary/aromatic N) is 2. The van der Waals surface area contributed by atoms with Crippen LogP contribution in [0.4, 0.5) is 0 Å². The number of hydrogen-bond acceptors (Lipinski definition) is 7. The third-order valence-electron chi connectivity index (χ3n) is 3.74. The van der Waals surface area contributed by atoms with Gasteiger partial charge in [0.05, 0.1) is 18.6 Å². The van der Waals surface area contributed by atoms with E-state index in [4.69, 9.17) is 0 Å². The largest absolute Gasteiger partial charge is 0.480 e. The third-order valence-corrected chi connectivity index (χ3v) is 3.74. The van der Waals surface area contributed by atoms with Crippen LogP contribution in [0, 0.1) is 10.1 Å². The summed E-state index contributed by atoms with van der Waals surface area (Å²) >= 11 is 0. The van der Waals surface area contributed by atoms with Crippen LogP contribution in [0.15, 0.2) is 12.5 Å². The van der Waals surface area contributed by atoms with Crippen LogP contribution < -0.4 is 10.6 Å². The van der Waals surface area contributed by atoms with Gasteiger partial charge in [-0.1, -0.05) is 6.92 Å². The van der Waals surface area contributed by atoms with E-state index in [-0.39, 0.29) is 31.9 Å². The van der Waals surface area contributed by atoms with Crippen molar-refractivity contribution in [2.45, 2.75) is 44.6 Å². The molecule has 12 nitrogen and oxygen atoms in total. The van der Waals surface area contributed by atoms with Crippen molar-refractivity contribution in [3.63, 3.8) is 0 Å². The van der Waals surface area contributed by atoms with Crippen LogP contribution in [0.5, 0.6) is 0 Å². The van der Waals surface area contributed by atoms with Crippen molar-refractivity contribution in [2.24, 2.45) is 0 Å². The molecule has 0 spiro atoms. The Hall–Kier alpha value is -3.18. The molecular formula is C15H23N5O7. The Morgan fingerprint density at radius 2 is 2.07 bits per heavy atom. The molecule has 0 aliphatic rings. The lowest BCUT2D eigenvalue weighted by atomic mass is 9.99. The first kappa shape index (κ1) is 21.9. The summed E-state index contributed by atoms with van der Waals surface area (Å²) in [6.07, 6.45) is 3.83. The van der Waals surface area contributed by atoms with Gasteiger partial charge >= 0.3 is 5.97 Å². The molecule has 2 atom stereocenters. The predicted molar refractivity (Wildman–Crippen MR) is 91.0 cm³/mol. The van der Waals surface area contributed by atoms with E-state index in [2.05, 4.69) is 25.4 Å². The molecule has 1 heterocycles. The number of nitrogens with one attached hydrogen (secondary N) is 3. The van der Waals surface area contributed by atoms with Gasteiger partial charge in [0.15, 0.2) is 0 Å². The van der Waals surface area contributed by atoms with E-state index >= 15 is 0 Å². The summed E-state index contributed by atoms with van der Waals surface area (Å²) in [6, 6.07) is -1.14. The molecule has 12 heteroatoms. The molecule has 1 aromatic heterocycles. The molecule has 27 heavy (non-hydrogen) atoms. The van der Waals surface area contributed by atoms with Crippen LogP contribution in [0.2, 0.25) is 0 Å². The van der Waals surface area contributed by atoms with Gasteiger partial charge in [0.25, 0.3) is 5.09 Å². The summed E-state index contributed by atoms with van der Waals surface area (Å²) in [6.45, 7) is 1.62.